The van der Waals surface area contributed by atoms with Gasteiger partial charge in [-0.2, -0.15) is 0 Å². The zero-order valence-electron chi connectivity index (χ0n) is 14.2. The maximum atomic E-state index is 9.97. The van der Waals surface area contributed by atoms with Crippen LogP contribution in [0.4, 0.5) is 5.69 Å². The smallest absolute Gasteiger partial charge is 0.143 e. The number of phenolic OH excluding ortho intramolecular Hbond substituents is 1. The van der Waals surface area contributed by atoms with Gasteiger partial charge in [-0.15, -0.1) is 5.23 Å². The van der Waals surface area contributed by atoms with Gasteiger partial charge in [0, 0.05) is 11.1 Å². The van der Waals surface area contributed by atoms with E-state index in [0.717, 1.165) is 11.2 Å². The topological polar surface area (TPSA) is 94.9 Å². The predicted octanol–water partition coefficient (Wildman–Crippen LogP) is 4.19. The van der Waals surface area contributed by atoms with Gasteiger partial charge in [-0.25, -0.2) is 0 Å². The molecule has 2 aromatic carbocycles. The first kappa shape index (κ1) is 16.2. The van der Waals surface area contributed by atoms with Crippen LogP contribution in [0, 0.1) is 13.8 Å². The lowest BCUT2D eigenvalue weighted by Crippen LogP contribution is -2.12. The fourth-order valence-corrected chi connectivity index (χ4v) is 3.35. The average molecular weight is 351 g/mol. The van der Waals surface area contributed by atoms with Crippen molar-refractivity contribution in [3.8, 4) is 22.7 Å². The summed E-state index contributed by atoms with van der Waals surface area (Å²) in [7, 11) is 0. The number of benzene rings is 2. The SMILES string of the molecule is Cc1noc(C)c1-c1c(N(O)O)c2ccccc2n1-c1ccc(O)cc1. The number of hydrogen-bond acceptors (Lipinski definition) is 6. The molecule has 0 aliphatic carbocycles. The van der Waals surface area contributed by atoms with Gasteiger partial charge >= 0.3 is 0 Å². The quantitative estimate of drug-likeness (QED) is 0.479. The van der Waals surface area contributed by atoms with Gasteiger partial charge in [0.1, 0.15) is 17.2 Å². The van der Waals surface area contributed by atoms with E-state index in [1.165, 1.54) is 0 Å². The van der Waals surface area contributed by atoms with Crippen molar-refractivity contribution < 1.29 is 20.0 Å². The molecule has 2 aromatic heterocycles. The molecule has 26 heavy (non-hydrogen) atoms. The molecule has 7 nitrogen and oxygen atoms in total. The van der Waals surface area contributed by atoms with E-state index < -0.39 is 0 Å². The Balaban J connectivity index is 2.19. The first-order valence-electron chi connectivity index (χ1n) is 8.03. The molecule has 0 amide bonds. The van der Waals surface area contributed by atoms with Crippen molar-refractivity contribution in [2.45, 2.75) is 13.8 Å². The van der Waals surface area contributed by atoms with E-state index in [2.05, 4.69) is 5.16 Å². The summed E-state index contributed by atoms with van der Waals surface area (Å²) in [6.07, 6.45) is 0. The highest BCUT2D eigenvalue weighted by Gasteiger charge is 2.27. The first-order chi connectivity index (χ1) is 12.5. The van der Waals surface area contributed by atoms with E-state index in [9.17, 15) is 15.5 Å². The molecule has 0 aliphatic heterocycles. The molecule has 0 fully saturated rings. The summed E-state index contributed by atoms with van der Waals surface area (Å²) >= 11 is 0. The number of para-hydroxylation sites is 1. The first-order valence-corrected chi connectivity index (χ1v) is 8.03. The van der Waals surface area contributed by atoms with E-state index in [1.54, 1.807) is 38.1 Å². The average Bonchev–Trinajstić information content (AvgIpc) is 3.12. The zero-order chi connectivity index (χ0) is 18.4. The van der Waals surface area contributed by atoms with Crippen LogP contribution in [0.25, 0.3) is 27.8 Å². The molecule has 2 heterocycles. The minimum Gasteiger partial charge on any atom is -0.508 e. The molecular weight excluding hydrogens is 334 g/mol. The largest absolute Gasteiger partial charge is 0.508 e. The van der Waals surface area contributed by atoms with Crippen LogP contribution >= 0.6 is 0 Å². The lowest BCUT2D eigenvalue weighted by Gasteiger charge is -2.14. The summed E-state index contributed by atoms with van der Waals surface area (Å²) in [5, 5.41) is 34.4. The molecule has 4 aromatic rings. The van der Waals surface area contributed by atoms with Crippen LogP contribution in [-0.2, 0) is 0 Å². The highest BCUT2D eigenvalue weighted by molar-refractivity contribution is 6.03. The number of aryl methyl sites for hydroxylation is 2. The van der Waals surface area contributed by atoms with E-state index in [4.69, 9.17) is 4.52 Å². The Bertz CT molecular complexity index is 1070. The monoisotopic (exact) mass is 351 g/mol. The number of hydrogen-bond donors (Lipinski definition) is 3. The summed E-state index contributed by atoms with van der Waals surface area (Å²) in [5.41, 5.74) is 3.60. The van der Waals surface area contributed by atoms with Gasteiger partial charge in [0.05, 0.1) is 22.5 Å². The second-order valence-electron chi connectivity index (χ2n) is 6.05. The highest BCUT2D eigenvalue weighted by atomic mass is 16.8. The van der Waals surface area contributed by atoms with Crippen molar-refractivity contribution in [2.75, 3.05) is 5.23 Å². The lowest BCUT2D eigenvalue weighted by molar-refractivity contribution is 0.0302. The van der Waals surface area contributed by atoms with Gasteiger partial charge in [-0.05, 0) is 44.2 Å². The van der Waals surface area contributed by atoms with Gasteiger partial charge < -0.3 is 14.2 Å². The predicted molar refractivity (Wildman–Crippen MR) is 96.0 cm³/mol. The normalized spacial score (nSPS) is 11.2. The molecule has 0 radical (unpaired) electrons. The number of aromatic hydroxyl groups is 1. The Morgan fingerprint density at radius 2 is 1.69 bits per heavy atom. The van der Waals surface area contributed by atoms with Crippen LogP contribution < -0.4 is 5.23 Å². The summed E-state index contributed by atoms with van der Waals surface area (Å²) in [4.78, 5) is 0. The fraction of sp³-hybridized carbons (Fsp3) is 0.105. The van der Waals surface area contributed by atoms with Crippen LogP contribution in [-0.4, -0.2) is 25.2 Å². The van der Waals surface area contributed by atoms with Gasteiger partial charge in [-0.3, -0.25) is 10.4 Å². The second kappa shape index (κ2) is 5.91. The van der Waals surface area contributed by atoms with Crippen molar-refractivity contribution in [1.82, 2.24) is 9.72 Å². The minimum absolute atomic E-state index is 0.125. The Labute approximate surface area is 148 Å². The lowest BCUT2D eigenvalue weighted by atomic mass is 10.1. The number of aromatic nitrogens is 2. The summed E-state index contributed by atoms with van der Waals surface area (Å²) in [6, 6.07) is 14.1. The van der Waals surface area contributed by atoms with Crippen LogP contribution in [0.2, 0.25) is 0 Å². The van der Waals surface area contributed by atoms with Crippen molar-refractivity contribution in [3.63, 3.8) is 0 Å². The summed E-state index contributed by atoms with van der Waals surface area (Å²) < 4.78 is 7.19. The molecule has 0 aliphatic rings. The number of phenols is 1. The summed E-state index contributed by atoms with van der Waals surface area (Å²) in [6.45, 7) is 3.57. The maximum Gasteiger partial charge on any atom is 0.143 e. The number of fused-ring (bicyclic) bond motifs is 1. The Morgan fingerprint density at radius 1 is 1.00 bits per heavy atom. The van der Waals surface area contributed by atoms with Gasteiger partial charge in [0.25, 0.3) is 0 Å². The van der Waals surface area contributed by atoms with E-state index >= 15 is 0 Å². The molecule has 132 valence electrons. The molecule has 4 rings (SSSR count). The van der Waals surface area contributed by atoms with Gasteiger partial charge in [-0.1, -0.05) is 23.4 Å². The van der Waals surface area contributed by atoms with E-state index in [1.807, 2.05) is 28.8 Å². The number of anilines is 1. The van der Waals surface area contributed by atoms with E-state index in [0.29, 0.717) is 28.1 Å². The molecule has 0 saturated carbocycles. The molecule has 0 bridgehead atoms. The Morgan fingerprint density at radius 3 is 2.31 bits per heavy atom. The molecule has 0 atom stereocenters. The third kappa shape index (κ3) is 2.33. The molecular formula is C19H17N3O4. The molecule has 3 N–H and O–H groups in total. The van der Waals surface area contributed by atoms with Crippen LogP contribution in [0.3, 0.4) is 0 Å². The third-order valence-corrected chi connectivity index (χ3v) is 4.43. The maximum absolute atomic E-state index is 9.97. The molecule has 0 unspecified atom stereocenters. The Hall–Kier alpha value is -3.29. The van der Waals surface area contributed by atoms with Crippen LogP contribution in [0.5, 0.6) is 5.75 Å². The van der Waals surface area contributed by atoms with Crippen molar-refractivity contribution >= 4 is 16.6 Å². The molecule has 0 spiro atoms. The standard InChI is InChI=1S/C19H17N3O4/c1-11-17(12(2)26-20-11)19-18(22(24)25)15-5-3-4-6-16(15)21(19)13-7-9-14(23)10-8-13/h3-10,23-25H,1-2H3. The number of nitrogens with zero attached hydrogens (tertiary/aromatic N) is 3. The van der Waals surface area contributed by atoms with Crippen molar-refractivity contribution in [1.29, 1.82) is 0 Å². The third-order valence-electron chi connectivity index (χ3n) is 4.43. The Kier molecular flexibility index (Phi) is 3.68. The fourth-order valence-electron chi connectivity index (χ4n) is 3.35. The number of rotatable bonds is 3. The van der Waals surface area contributed by atoms with Crippen LogP contribution in [0.15, 0.2) is 53.1 Å². The van der Waals surface area contributed by atoms with Gasteiger partial charge in [0.2, 0.25) is 0 Å². The highest BCUT2D eigenvalue weighted by Crippen LogP contribution is 2.43. The second-order valence-corrected chi connectivity index (χ2v) is 6.05. The zero-order valence-corrected chi connectivity index (χ0v) is 14.2. The molecule has 7 heteroatoms. The van der Waals surface area contributed by atoms with E-state index in [-0.39, 0.29) is 16.7 Å². The van der Waals surface area contributed by atoms with Gasteiger partial charge in [0.15, 0.2) is 0 Å². The van der Waals surface area contributed by atoms with Crippen molar-refractivity contribution in [2.24, 2.45) is 0 Å². The molecule has 0 saturated heterocycles. The van der Waals surface area contributed by atoms with Crippen LogP contribution in [0.1, 0.15) is 11.5 Å². The minimum atomic E-state index is 0.125. The van der Waals surface area contributed by atoms with Crippen molar-refractivity contribution in [3.05, 3.63) is 60.0 Å². The summed E-state index contributed by atoms with van der Waals surface area (Å²) in [5.74, 6) is 0.712.